The van der Waals surface area contributed by atoms with E-state index in [0.717, 1.165) is 37.0 Å². The summed E-state index contributed by atoms with van der Waals surface area (Å²) in [6.45, 7) is 2.19. The lowest BCUT2D eigenvalue weighted by atomic mass is 9.88. The summed E-state index contributed by atoms with van der Waals surface area (Å²) in [7, 11) is 0.216. The fraction of sp³-hybridized carbons (Fsp3) is 0.556. The van der Waals surface area contributed by atoms with Gasteiger partial charge in [-0.15, -0.1) is 0 Å². The van der Waals surface area contributed by atoms with Gasteiger partial charge in [-0.3, -0.25) is 13.8 Å². The smallest absolute Gasteiger partial charge is 0.305 e. The third-order valence-corrected chi connectivity index (χ3v) is 7.87. The molecule has 0 bridgehead atoms. The maximum absolute atomic E-state index is 13.5. The number of methoxy groups -OCH3 is 1. The summed E-state index contributed by atoms with van der Waals surface area (Å²) < 4.78 is 18.2. The highest BCUT2D eigenvalue weighted by atomic mass is 32.2. The van der Waals surface area contributed by atoms with Crippen molar-refractivity contribution in [2.75, 3.05) is 7.11 Å². The van der Waals surface area contributed by atoms with E-state index in [9.17, 15) is 13.8 Å². The lowest BCUT2D eigenvalue weighted by Gasteiger charge is -2.25. The number of ketones is 1. The maximum Gasteiger partial charge on any atom is 0.305 e. The molecule has 1 aliphatic carbocycles. The van der Waals surface area contributed by atoms with Crippen LogP contribution in [0.3, 0.4) is 0 Å². The van der Waals surface area contributed by atoms with Gasteiger partial charge in [-0.2, -0.15) is 0 Å². The molecule has 32 heavy (non-hydrogen) atoms. The van der Waals surface area contributed by atoms with Crippen LogP contribution in [-0.2, 0) is 25.1 Å². The molecular weight excluding hydrogens is 420 g/mol. The Morgan fingerprint density at radius 3 is 2.59 bits per heavy atom. The third kappa shape index (κ3) is 8.50. The highest BCUT2D eigenvalue weighted by Crippen LogP contribution is 2.38. The van der Waals surface area contributed by atoms with Crippen LogP contribution < -0.4 is 0 Å². The van der Waals surface area contributed by atoms with E-state index in [1.807, 2.05) is 30.3 Å². The highest BCUT2D eigenvalue weighted by molar-refractivity contribution is 7.85. The molecule has 1 fully saturated rings. The number of unbranched alkanes of at least 4 members (excludes halogenated alkanes) is 4. The van der Waals surface area contributed by atoms with E-state index < -0.39 is 10.8 Å². The minimum absolute atomic E-state index is 0.0886. The Bertz CT molecular complexity index is 784. The summed E-state index contributed by atoms with van der Waals surface area (Å²) >= 11 is 0. The molecule has 4 nitrogen and oxygen atoms in total. The summed E-state index contributed by atoms with van der Waals surface area (Å²) in [5.41, 5.74) is 0. The van der Waals surface area contributed by atoms with Crippen LogP contribution in [0, 0.1) is 11.8 Å². The lowest BCUT2D eigenvalue weighted by Crippen LogP contribution is -2.29. The molecular formula is C27H38O4S. The predicted octanol–water partition coefficient (Wildman–Crippen LogP) is 6.18. The van der Waals surface area contributed by atoms with E-state index in [0.29, 0.717) is 19.3 Å². The van der Waals surface area contributed by atoms with Gasteiger partial charge in [-0.1, -0.05) is 62.3 Å². The molecule has 2 rings (SSSR count). The van der Waals surface area contributed by atoms with Crippen molar-refractivity contribution in [3.05, 3.63) is 54.6 Å². The first-order valence-corrected chi connectivity index (χ1v) is 13.2. The molecule has 4 unspecified atom stereocenters. The molecule has 0 aromatic heterocycles. The number of Topliss-reactive ketones (excluding diaryl/α,β-unsaturated/α-hetero) is 1. The molecule has 0 spiro atoms. The van der Waals surface area contributed by atoms with Crippen molar-refractivity contribution >= 4 is 22.6 Å². The predicted molar refractivity (Wildman–Crippen MR) is 131 cm³/mol. The Kier molecular flexibility index (Phi) is 12.3. The van der Waals surface area contributed by atoms with Crippen LogP contribution in [0.1, 0.15) is 71.1 Å². The highest BCUT2D eigenvalue weighted by Gasteiger charge is 2.40. The van der Waals surface area contributed by atoms with Crippen LogP contribution in [0.15, 0.2) is 59.5 Å². The minimum Gasteiger partial charge on any atom is -0.469 e. The Labute approximate surface area is 196 Å². The Hall–Kier alpha value is -2.01. The van der Waals surface area contributed by atoms with E-state index in [1.165, 1.54) is 20.0 Å². The van der Waals surface area contributed by atoms with E-state index in [4.69, 9.17) is 0 Å². The standard InChI is InChI=1S/C27H38O4S/c1-3-4-5-6-13-18-26(32(30)22-15-10-9-11-16-22)24-20-21-25(28)23(24)17-12-7-8-14-19-27(29)31-2/h7,9-13,15-16,18,23-24,26H,3-6,8,14,17,19-21H2,1-2H3/b12-7?,18-13+. The second-order valence-electron chi connectivity index (χ2n) is 8.45. The van der Waals surface area contributed by atoms with Gasteiger partial charge in [0.1, 0.15) is 5.78 Å². The van der Waals surface area contributed by atoms with Crippen molar-refractivity contribution in [1.82, 2.24) is 0 Å². The van der Waals surface area contributed by atoms with Gasteiger partial charge in [-0.25, -0.2) is 0 Å². The van der Waals surface area contributed by atoms with Gasteiger partial charge in [0.05, 0.1) is 23.2 Å². The molecule has 1 aliphatic rings. The van der Waals surface area contributed by atoms with Crippen LogP contribution in [0.5, 0.6) is 0 Å². The average molecular weight is 459 g/mol. The fourth-order valence-electron chi connectivity index (χ4n) is 4.29. The van der Waals surface area contributed by atoms with Crippen molar-refractivity contribution in [1.29, 1.82) is 0 Å². The van der Waals surface area contributed by atoms with Crippen LogP contribution >= 0.6 is 0 Å². The van der Waals surface area contributed by atoms with Crippen LogP contribution in [0.25, 0.3) is 0 Å². The Morgan fingerprint density at radius 1 is 1.12 bits per heavy atom. The number of hydrogen-bond acceptors (Lipinski definition) is 4. The first kappa shape index (κ1) is 26.2. The molecule has 1 aromatic rings. The zero-order valence-corrected chi connectivity index (χ0v) is 20.4. The van der Waals surface area contributed by atoms with Crippen LogP contribution in [-0.4, -0.2) is 28.3 Å². The largest absolute Gasteiger partial charge is 0.469 e. The van der Waals surface area contributed by atoms with Crippen LogP contribution in [0.4, 0.5) is 0 Å². The molecule has 1 aromatic carbocycles. The van der Waals surface area contributed by atoms with Crippen molar-refractivity contribution in [3.8, 4) is 0 Å². The number of ether oxygens (including phenoxy) is 1. The maximum atomic E-state index is 13.5. The Balaban J connectivity index is 2.07. The molecule has 4 atom stereocenters. The number of rotatable bonds is 14. The zero-order valence-electron chi connectivity index (χ0n) is 19.5. The molecule has 0 aliphatic heterocycles. The summed E-state index contributed by atoms with van der Waals surface area (Å²) in [6.07, 6.45) is 16.9. The first-order chi connectivity index (χ1) is 15.6. The molecule has 0 radical (unpaired) electrons. The topological polar surface area (TPSA) is 60.4 Å². The normalized spacial score (nSPS) is 20.8. The number of carbonyl (C=O) groups is 2. The number of allylic oxidation sites excluding steroid dienone is 3. The first-order valence-electron chi connectivity index (χ1n) is 11.9. The van der Waals surface area contributed by atoms with Gasteiger partial charge in [0.25, 0.3) is 0 Å². The zero-order chi connectivity index (χ0) is 23.2. The molecule has 1 saturated carbocycles. The summed E-state index contributed by atoms with van der Waals surface area (Å²) in [5, 5.41) is -0.150. The van der Waals surface area contributed by atoms with E-state index in [-0.39, 0.29) is 28.8 Å². The number of hydrogen-bond donors (Lipinski definition) is 0. The second kappa shape index (κ2) is 14.9. The van der Waals surface area contributed by atoms with Crippen molar-refractivity contribution in [3.63, 3.8) is 0 Å². The second-order valence-corrected chi connectivity index (χ2v) is 10.1. The minimum atomic E-state index is -1.19. The van der Waals surface area contributed by atoms with E-state index in [1.54, 1.807) is 0 Å². The molecule has 0 amide bonds. The molecule has 0 heterocycles. The number of carbonyl (C=O) groups excluding carboxylic acids is 2. The fourth-order valence-corrected chi connectivity index (χ4v) is 5.92. The number of esters is 1. The van der Waals surface area contributed by atoms with Gasteiger partial charge in [0, 0.05) is 23.7 Å². The third-order valence-electron chi connectivity index (χ3n) is 6.14. The molecule has 0 N–H and O–H groups in total. The molecule has 176 valence electrons. The van der Waals surface area contributed by atoms with Gasteiger partial charge >= 0.3 is 5.97 Å². The summed E-state index contributed by atoms with van der Waals surface area (Å²) in [4.78, 5) is 24.7. The van der Waals surface area contributed by atoms with Crippen LogP contribution in [0.2, 0.25) is 0 Å². The van der Waals surface area contributed by atoms with Gasteiger partial charge in [-0.05, 0) is 56.6 Å². The van der Waals surface area contributed by atoms with Gasteiger partial charge in [0.2, 0.25) is 0 Å². The van der Waals surface area contributed by atoms with Crippen molar-refractivity contribution in [2.24, 2.45) is 11.8 Å². The average Bonchev–Trinajstić information content (AvgIpc) is 3.18. The van der Waals surface area contributed by atoms with E-state index in [2.05, 4.69) is 36.0 Å². The monoisotopic (exact) mass is 458 g/mol. The SMILES string of the molecule is CCCCC/C=C/C(C1CCC(=O)C1CC=CCCCC(=O)OC)S(=O)c1ccccc1. The summed E-state index contributed by atoms with van der Waals surface area (Å²) in [5.74, 6) is 0.0838. The van der Waals surface area contributed by atoms with Crippen molar-refractivity contribution in [2.45, 2.75) is 81.3 Å². The number of benzene rings is 1. The summed E-state index contributed by atoms with van der Waals surface area (Å²) in [6, 6.07) is 9.61. The quantitative estimate of drug-likeness (QED) is 0.190. The molecule has 5 heteroatoms. The molecule has 0 saturated heterocycles. The van der Waals surface area contributed by atoms with Gasteiger partial charge in [0.15, 0.2) is 0 Å². The van der Waals surface area contributed by atoms with E-state index >= 15 is 0 Å². The van der Waals surface area contributed by atoms with Crippen molar-refractivity contribution < 1.29 is 18.5 Å². The van der Waals surface area contributed by atoms with Gasteiger partial charge < -0.3 is 4.74 Å². The lowest BCUT2D eigenvalue weighted by molar-refractivity contribution is -0.140. The Morgan fingerprint density at radius 2 is 1.88 bits per heavy atom.